The van der Waals surface area contributed by atoms with E-state index < -0.39 is 0 Å². The van der Waals surface area contributed by atoms with Crippen molar-refractivity contribution < 1.29 is 14.2 Å². The Morgan fingerprint density at radius 2 is 1.84 bits per heavy atom. The van der Waals surface area contributed by atoms with Gasteiger partial charge in [-0.1, -0.05) is 0 Å². The first-order valence-electron chi connectivity index (χ1n) is 6.94. The van der Waals surface area contributed by atoms with Gasteiger partial charge in [-0.3, -0.25) is 0 Å². The lowest BCUT2D eigenvalue weighted by Gasteiger charge is -2.28. The summed E-state index contributed by atoms with van der Waals surface area (Å²) in [7, 11) is 1.73. The Balaban J connectivity index is 2.35. The van der Waals surface area contributed by atoms with Gasteiger partial charge >= 0.3 is 0 Å². The van der Waals surface area contributed by atoms with Gasteiger partial charge in [0, 0.05) is 7.11 Å². The average molecular weight is 265 g/mol. The van der Waals surface area contributed by atoms with Gasteiger partial charge in [0.2, 0.25) is 0 Å². The second kappa shape index (κ2) is 6.78. The Morgan fingerprint density at radius 3 is 2.47 bits per heavy atom. The quantitative estimate of drug-likeness (QED) is 0.857. The first kappa shape index (κ1) is 14.2. The molecule has 19 heavy (non-hydrogen) atoms. The third-order valence-corrected chi connectivity index (χ3v) is 3.30. The third-order valence-electron chi connectivity index (χ3n) is 3.30. The summed E-state index contributed by atoms with van der Waals surface area (Å²) in [5.41, 5.74) is 2.59. The van der Waals surface area contributed by atoms with Gasteiger partial charge < -0.3 is 19.5 Å². The van der Waals surface area contributed by atoms with Crippen molar-refractivity contribution in [1.82, 2.24) is 5.32 Å². The van der Waals surface area contributed by atoms with Crippen molar-refractivity contribution in [3.05, 3.63) is 23.3 Å². The minimum absolute atomic E-state index is 0.239. The summed E-state index contributed by atoms with van der Waals surface area (Å²) >= 11 is 0. The minimum Gasteiger partial charge on any atom is -0.490 e. The van der Waals surface area contributed by atoms with Crippen LogP contribution < -0.4 is 14.8 Å². The minimum atomic E-state index is 0.239. The fourth-order valence-corrected chi connectivity index (χ4v) is 2.50. The van der Waals surface area contributed by atoms with E-state index in [9.17, 15) is 0 Å². The summed E-state index contributed by atoms with van der Waals surface area (Å²) in [6, 6.07) is 4.45. The fraction of sp³-hybridized carbons (Fsp3) is 0.600. The smallest absolute Gasteiger partial charge is 0.161 e. The molecule has 0 fully saturated rings. The lowest BCUT2D eigenvalue weighted by atomic mass is 9.94. The van der Waals surface area contributed by atoms with E-state index in [0.29, 0.717) is 19.8 Å². The molecule has 0 radical (unpaired) electrons. The molecule has 1 aliphatic heterocycles. The van der Waals surface area contributed by atoms with Crippen molar-refractivity contribution in [1.29, 1.82) is 0 Å². The Kier molecular flexibility index (Phi) is 5.05. The van der Waals surface area contributed by atoms with Crippen molar-refractivity contribution in [2.75, 3.05) is 33.5 Å². The SMILES string of the molecule is CCOc1cc2c(cc1OCC)C(COC)NCC2. The van der Waals surface area contributed by atoms with E-state index >= 15 is 0 Å². The molecule has 1 aromatic rings. The van der Waals surface area contributed by atoms with Crippen molar-refractivity contribution >= 4 is 0 Å². The molecule has 0 saturated carbocycles. The largest absolute Gasteiger partial charge is 0.490 e. The second-order valence-corrected chi connectivity index (χ2v) is 4.58. The molecule has 4 nitrogen and oxygen atoms in total. The average Bonchev–Trinajstić information content (AvgIpc) is 2.41. The predicted molar refractivity (Wildman–Crippen MR) is 75.1 cm³/mol. The molecular weight excluding hydrogens is 242 g/mol. The molecular formula is C15H23NO3. The third kappa shape index (κ3) is 3.19. The molecule has 2 rings (SSSR count). The van der Waals surface area contributed by atoms with Crippen LogP contribution in [-0.2, 0) is 11.2 Å². The number of rotatable bonds is 6. The van der Waals surface area contributed by atoms with E-state index in [1.165, 1.54) is 11.1 Å². The number of hydrogen-bond donors (Lipinski definition) is 1. The van der Waals surface area contributed by atoms with Crippen LogP contribution in [0.2, 0.25) is 0 Å². The monoisotopic (exact) mass is 265 g/mol. The molecule has 0 aliphatic carbocycles. The Morgan fingerprint density at radius 1 is 1.16 bits per heavy atom. The Hall–Kier alpha value is -1.26. The van der Waals surface area contributed by atoms with Gasteiger partial charge in [-0.05, 0) is 50.1 Å². The first-order chi connectivity index (χ1) is 9.30. The van der Waals surface area contributed by atoms with Gasteiger partial charge in [0.15, 0.2) is 11.5 Å². The number of nitrogens with one attached hydrogen (secondary N) is 1. The molecule has 106 valence electrons. The van der Waals surface area contributed by atoms with E-state index in [-0.39, 0.29) is 6.04 Å². The zero-order valence-electron chi connectivity index (χ0n) is 12.0. The fourth-order valence-electron chi connectivity index (χ4n) is 2.50. The lowest BCUT2D eigenvalue weighted by molar-refractivity contribution is 0.164. The van der Waals surface area contributed by atoms with Gasteiger partial charge in [-0.25, -0.2) is 0 Å². The van der Waals surface area contributed by atoms with Crippen molar-refractivity contribution in [2.24, 2.45) is 0 Å². The summed E-state index contributed by atoms with van der Waals surface area (Å²) in [6.07, 6.45) is 1.02. The number of fused-ring (bicyclic) bond motifs is 1. The molecule has 0 saturated heterocycles. The first-order valence-corrected chi connectivity index (χ1v) is 6.94. The van der Waals surface area contributed by atoms with E-state index in [2.05, 4.69) is 17.4 Å². The second-order valence-electron chi connectivity index (χ2n) is 4.58. The summed E-state index contributed by atoms with van der Waals surface area (Å²) in [4.78, 5) is 0. The van der Waals surface area contributed by atoms with Crippen LogP contribution in [0.15, 0.2) is 12.1 Å². The Bertz CT molecular complexity index is 420. The van der Waals surface area contributed by atoms with E-state index in [1.54, 1.807) is 7.11 Å². The van der Waals surface area contributed by atoms with Crippen LogP contribution in [0.25, 0.3) is 0 Å². The molecule has 1 N–H and O–H groups in total. The molecule has 1 aliphatic rings. The van der Waals surface area contributed by atoms with Crippen LogP contribution in [-0.4, -0.2) is 33.5 Å². The zero-order chi connectivity index (χ0) is 13.7. The number of benzene rings is 1. The van der Waals surface area contributed by atoms with Gasteiger partial charge in [0.05, 0.1) is 25.9 Å². The molecule has 4 heteroatoms. The van der Waals surface area contributed by atoms with Crippen molar-refractivity contribution in [3.63, 3.8) is 0 Å². The van der Waals surface area contributed by atoms with Crippen LogP contribution in [0.5, 0.6) is 11.5 Å². The van der Waals surface area contributed by atoms with Crippen LogP contribution in [0.4, 0.5) is 0 Å². The molecule has 0 bridgehead atoms. The topological polar surface area (TPSA) is 39.7 Å². The van der Waals surface area contributed by atoms with Gasteiger partial charge in [-0.15, -0.1) is 0 Å². The molecule has 1 atom stereocenters. The summed E-state index contributed by atoms with van der Waals surface area (Å²) in [5.74, 6) is 1.68. The van der Waals surface area contributed by atoms with Crippen LogP contribution >= 0.6 is 0 Å². The maximum Gasteiger partial charge on any atom is 0.161 e. The lowest BCUT2D eigenvalue weighted by Crippen LogP contribution is -2.32. The predicted octanol–water partition coefficient (Wildman–Crippen LogP) is 2.32. The highest BCUT2D eigenvalue weighted by Crippen LogP contribution is 2.35. The highest BCUT2D eigenvalue weighted by atomic mass is 16.5. The molecule has 0 amide bonds. The molecule has 1 aromatic carbocycles. The standard InChI is InChI=1S/C15H23NO3/c1-4-18-14-8-11-6-7-16-13(10-17-3)12(11)9-15(14)19-5-2/h8-9,13,16H,4-7,10H2,1-3H3. The van der Waals surface area contributed by atoms with Gasteiger partial charge in [0.25, 0.3) is 0 Å². The Labute approximate surface area is 115 Å². The summed E-state index contributed by atoms with van der Waals surface area (Å²) in [6.45, 7) is 6.91. The maximum absolute atomic E-state index is 5.69. The molecule has 1 heterocycles. The van der Waals surface area contributed by atoms with Crippen LogP contribution in [0, 0.1) is 0 Å². The van der Waals surface area contributed by atoms with E-state index in [4.69, 9.17) is 14.2 Å². The summed E-state index contributed by atoms with van der Waals surface area (Å²) in [5, 5.41) is 3.48. The van der Waals surface area contributed by atoms with Crippen LogP contribution in [0.1, 0.15) is 31.0 Å². The molecule has 1 unspecified atom stereocenters. The molecule has 0 aromatic heterocycles. The number of hydrogen-bond acceptors (Lipinski definition) is 4. The van der Waals surface area contributed by atoms with Crippen LogP contribution in [0.3, 0.4) is 0 Å². The van der Waals surface area contributed by atoms with Crippen molar-refractivity contribution in [2.45, 2.75) is 26.3 Å². The zero-order valence-corrected chi connectivity index (χ0v) is 12.0. The number of ether oxygens (including phenoxy) is 3. The highest BCUT2D eigenvalue weighted by Gasteiger charge is 2.22. The van der Waals surface area contributed by atoms with E-state index in [1.807, 2.05) is 13.8 Å². The van der Waals surface area contributed by atoms with Crippen molar-refractivity contribution in [3.8, 4) is 11.5 Å². The highest BCUT2D eigenvalue weighted by molar-refractivity contribution is 5.49. The molecule has 0 spiro atoms. The van der Waals surface area contributed by atoms with Gasteiger partial charge in [-0.2, -0.15) is 0 Å². The maximum atomic E-state index is 5.69. The number of methoxy groups -OCH3 is 1. The van der Waals surface area contributed by atoms with Gasteiger partial charge in [0.1, 0.15) is 0 Å². The van der Waals surface area contributed by atoms with E-state index in [0.717, 1.165) is 24.5 Å². The summed E-state index contributed by atoms with van der Waals surface area (Å²) < 4.78 is 16.6. The normalized spacial score (nSPS) is 17.9.